The molecule has 0 spiro atoms. The number of carboxylic acid groups (broad SMARTS) is 1. The normalized spacial score (nSPS) is 13.4. The van der Waals surface area contributed by atoms with Crippen LogP contribution in [0.4, 0.5) is 14.4 Å². The smallest absolute Gasteiger partial charge is 0.450 e. The Hall–Kier alpha value is -2.35. The molecule has 34 heavy (non-hydrogen) atoms. The zero-order chi connectivity index (χ0) is 25.6. The average molecular weight is 493 g/mol. The van der Waals surface area contributed by atoms with Crippen LogP contribution in [0.2, 0.25) is 0 Å². The molecule has 0 fully saturated rings. The second kappa shape index (κ2) is 21.2. The molecule has 3 atom stereocenters. The lowest BCUT2D eigenvalue weighted by Crippen LogP contribution is -2.43. The summed E-state index contributed by atoms with van der Waals surface area (Å²) in [5.41, 5.74) is 22.4. The van der Waals surface area contributed by atoms with Crippen molar-refractivity contribution in [3.63, 3.8) is 0 Å². The number of rotatable bonds is 20. The second-order valence-electron chi connectivity index (χ2n) is 8.07. The van der Waals surface area contributed by atoms with Crippen LogP contribution in [0.1, 0.15) is 57.8 Å². The van der Waals surface area contributed by atoms with Crippen LogP contribution in [0.3, 0.4) is 0 Å². The maximum atomic E-state index is 12.2. The van der Waals surface area contributed by atoms with E-state index in [-0.39, 0.29) is 25.9 Å². The van der Waals surface area contributed by atoms with Gasteiger partial charge in [0, 0.05) is 6.04 Å². The van der Waals surface area contributed by atoms with Crippen molar-refractivity contribution < 1.29 is 33.7 Å². The van der Waals surface area contributed by atoms with E-state index in [0.717, 1.165) is 32.1 Å². The number of carbonyl (C=O) groups excluding carboxylic acids is 2. The molecule has 0 aliphatic rings. The quantitative estimate of drug-likeness (QED) is 0.0706. The van der Waals surface area contributed by atoms with E-state index < -0.39 is 30.4 Å². The lowest BCUT2D eigenvalue weighted by atomic mass is 10.1. The van der Waals surface area contributed by atoms with Gasteiger partial charge in [-0.15, -0.1) is 0 Å². The van der Waals surface area contributed by atoms with Crippen molar-refractivity contribution in [3.05, 3.63) is 0 Å². The van der Waals surface area contributed by atoms with Gasteiger partial charge in [0.05, 0.1) is 12.1 Å². The number of amides is 2. The van der Waals surface area contributed by atoms with Crippen LogP contribution in [0.15, 0.2) is 0 Å². The molecule has 200 valence electrons. The van der Waals surface area contributed by atoms with Crippen LogP contribution < -0.4 is 33.6 Å². The molecule has 0 aromatic heterocycles. The van der Waals surface area contributed by atoms with Crippen molar-refractivity contribution in [1.82, 2.24) is 10.6 Å². The second-order valence-corrected chi connectivity index (χ2v) is 8.07. The summed E-state index contributed by atoms with van der Waals surface area (Å²) in [7, 11) is 0. The zero-order valence-corrected chi connectivity index (χ0v) is 20.0. The summed E-state index contributed by atoms with van der Waals surface area (Å²) in [6.07, 6.45) is 3.50. The Labute approximate surface area is 201 Å². The van der Waals surface area contributed by atoms with Gasteiger partial charge in [0.25, 0.3) is 0 Å². The first-order valence-corrected chi connectivity index (χ1v) is 11.9. The van der Waals surface area contributed by atoms with Crippen LogP contribution in [0.25, 0.3) is 0 Å². The van der Waals surface area contributed by atoms with E-state index in [1.165, 1.54) is 0 Å². The van der Waals surface area contributed by atoms with E-state index in [1.807, 2.05) is 0 Å². The highest BCUT2D eigenvalue weighted by atomic mass is 16.7. The number of ether oxygens (including phenoxy) is 3. The molecule has 0 radical (unpaired) electrons. The van der Waals surface area contributed by atoms with Crippen molar-refractivity contribution in [2.45, 2.75) is 75.9 Å². The first kappa shape index (κ1) is 31.6. The standard InChI is InChI=1S/C21H44N6O7/c22-10-4-1-7-16(25)13-32-19(28)26-17(8-2-5-11-23)14-33-20(29)27-18(9-3-6-12-24)15-34-21(30)31/h16-18H,1-15,22-25H2,(H,26,28)(H,27,29)(H,30,31)/t16-,17-,18+/m1/s1. The number of unbranched alkanes of at least 4 members (excludes halogenated alkanes) is 3. The van der Waals surface area contributed by atoms with E-state index in [0.29, 0.717) is 45.3 Å². The molecule has 11 N–H and O–H groups in total. The molecule has 13 heteroatoms. The molecule has 0 heterocycles. The minimum atomic E-state index is -1.43. The maximum absolute atomic E-state index is 12.2. The molecular formula is C21H44N6O7. The molecule has 0 unspecified atom stereocenters. The number of carbonyl (C=O) groups is 3. The fraction of sp³-hybridized carbons (Fsp3) is 0.857. The van der Waals surface area contributed by atoms with Crippen LogP contribution in [-0.2, 0) is 14.2 Å². The van der Waals surface area contributed by atoms with Gasteiger partial charge in [0.15, 0.2) is 0 Å². The largest absolute Gasteiger partial charge is 0.505 e. The molecular weight excluding hydrogens is 448 g/mol. The molecule has 0 aliphatic heterocycles. The average Bonchev–Trinajstić information content (AvgIpc) is 2.79. The Morgan fingerprint density at radius 3 is 1.50 bits per heavy atom. The van der Waals surface area contributed by atoms with Gasteiger partial charge >= 0.3 is 18.3 Å². The summed E-state index contributed by atoms with van der Waals surface area (Å²) in [5.74, 6) is 0. The first-order chi connectivity index (χ1) is 16.3. The lowest BCUT2D eigenvalue weighted by molar-refractivity contribution is 0.0762. The Balaban J connectivity index is 4.61. The fourth-order valence-corrected chi connectivity index (χ4v) is 3.05. The molecule has 0 aliphatic carbocycles. The number of nitrogens with one attached hydrogen (secondary N) is 2. The topological polar surface area (TPSA) is 227 Å². The molecule has 0 saturated heterocycles. The molecule has 0 aromatic rings. The van der Waals surface area contributed by atoms with Crippen molar-refractivity contribution in [2.75, 3.05) is 39.5 Å². The summed E-state index contributed by atoms with van der Waals surface area (Å²) in [6, 6.07) is -1.31. The van der Waals surface area contributed by atoms with E-state index in [9.17, 15) is 14.4 Å². The number of hydrogen-bond donors (Lipinski definition) is 7. The van der Waals surface area contributed by atoms with Gasteiger partial charge < -0.3 is 52.9 Å². The van der Waals surface area contributed by atoms with Gasteiger partial charge in [0.1, 0.15) is 19.8 Å². The van der Waals surface area contributed by atoms with Crippen LogP contribution in [0.5, 0.6) is 0 Å². The van der Waals surface area contributed by atoms with Crippen molar-refractivity contribution in [2.24, 2.45) is 22.9 Å². The third-order valence-electron chi connectivity index (χ3n) is 4.94. The third kappa shape index (κ3) is 19.1. The number of nitrogens with two attached hydrogens (primary N) is 4. The van der Waals surface area contributed by atoms with Gasteiger partial charge in [0.2, 0.25) is 0 Å². The summed E-state index contributed by atoms with van der Waals surface area (Å²) < 4.78 is 15.0. The van der Waals surface area contributed by atoms with Gasteiger partial charge in [-0.25, -0.2) is 14.4 Å². The van der Waals surface area contributed by atoms with E-state index in [1.54, 1.807) is 0 Å². The van der Waals surface area contributed by atoms with E-state index in [4.69, 9.17) is 37.5 Å². The molecule has 0 saturated carbocycles. The van der Waals surface area contributed by atoms with Gasteiger partial charge in [-0.2, -0.15) is 0 Å². The SMILES string of the molecule is NCCCC[C@@H](N)COC(=O)N[C@H](CCCCN)COC(=O)N[C@@H](CCCCN)COC(=O)O. The molecule has 0 aromatic carbocycles. The van der Waals surface area contributed by atoms with Gasteiger partial charge in [-0.05, 0) is 58.2 Å². The predicted molar refractivity (Wildman–Crippen MR) is 127 cm³/mol. The summed E-state index contributed by atoms with van der Waals surface area (Å²) in [4.78, 5) is 35.1. The maximum Gasteiger partial charge on any atom is 0.505 e. The summed E-state index contributed by atoms with van der Waals surface area (Å²) >= 11 is 0. The highest BCUT2D eigenvalue weighted by Crippen LogP contribution is 2.05. The Morgan fingerprint density at radius 2 is 1.06 bits per heavy atom. The Kier molecular flexibility index (Phi) is 19.7. The Bertz CT molecular complexity index is 556. The minimum absolute atomic E-state index is 0.0708. The zero-order valence-electron chi connectivity index (χ0n) is 20.0. The monoisotopic (exact) mass is 492 g/mol. The molecule has 0 rings (SSSR count). The molecule has 2 amide bonds. The van der Waals surface area contributed by atoms with Crippen LogP contribution >= 0.6 is 0 Å². The summed E-state index contributed by atoms with van der Waals surface area (Å²) in [6.45, 7) is 1.36. The van der Waals surface area contributed by atoms with Gasteiger partial charge in [-0.1, -0.05) is 19.3 Å². The molecule has 0 bridgehead atoms. The number of alkyl carbamates (subject to hydrolysis) is 2. The first-order valence-electron chi connectivity index (χ1n) is 11.9. The predicted octanol–water partition coefficient (Wildman–Crippen LogP) is 0.585. The number of hydrogen-bond acceptors (Lipinski definition) is 10. The lowest BCUT2D eigenvalue weighted by Gasteiger charge is -2.21. The minimum Gasteiger partial charge on any atom is -0.450 e. The van der Waals surface area contributed by atoms with Gasteiger partial charge in [-0.3, -0.25) is 0 Å². The highest BCUT2D eigenvalue weighted by Gasteiger charge is 2.19. The van der Waals surface area contributed by atoms with Crippen LogP contribution in [0, 0.1) is 0 Å². The van der Waals surface area contributed by atoms with E-state index in [2.05, 4.69) is 15.4 Å². The molecule has 13 nitrogen and oxygen atoms in total. The fourth-order valence-electron chi connectivity index (χ4n) is 3.05. The van der Waals surface area contributed by atoms with Crippen LogP contribution in [-0.4, -0.2) is 81.0 Å². The van der Waals surface area contributed by atoms with Crippen molar-refractivity contribution >= 4 is 18.3 Å². The van der Waals surface area contributed by atoms with Crippen molar-refractivity contribution in [3.8, 4) is 0 Å². The van der Waals surface area contributed by atoms with E-state index >= 15 is 0 Å². The summed E-state index contributed by atoms with van der Waals surface area (Å²) in [5, 5.41) is 14.0. The van der Waals surface area contributed by atoms with Crippen molar-refractivity contribution in [1.29, 1.82) is 0 Å². The Morgan fingerprint density at radius 1 is 0.647 bits per heavy atom. The highest BCUT2D eigenvalue weighted by molar-refractivity contribution is 5.69. The third-order valence-corrected chi connectivity index (χ3v) is 4.94.